The van der Waals surface area contributed by atoms with E-state index >= 15 is 0 Å². The molecule has 1 amide bonds. The summed E-state index contributed by atoms with van der Waals surface area (Å²) >= 11 is 0. The van der Waals surface area contributed by atoms with E-state index in [2.05, 4.69) is 10.3 Å². The fraction of sp³-hybridized carbons (Fsp3) is 0.538. The van der Waals surface area contributed by atoms with Crippen molar-refractivity contribution in [2.75, 3.05) is 26.9 Å². The average molecular weight is 267 g/mol. The smallest absolute Gasteiger partial charge is 0.223 e. The first kappa shape index (κ1) is 15.4. The lowest BCUT2D eigenvalue weighted by atomic mass is 10.2. The zero-order valence-electron chi connectivity index (χ0n) is 11.4. The molecule has 1 aromatic rings. The van der Waals surface area contributed by atoms with Crippen molar-refractivity contribution in [3.8, 4) is 5.75 Å². The Morgan fingerprint density at radius 1 is 1.53 bits per heavy atom. The molecule has 1 rings (SSSR count). The summed E-state index contributed by atoms with van der Waals surface area (Å²) in [5.41, 5.74) is 6.07. The number of aromatic nitrogens is 1. The highest BCUT2D eigenvalue weighted by Gasteiger charge is 2.09. The van der Waals surface area contributed by atoms with Gasteiger partial charge in [-0.05, 0) is 12.1 Å². The van der Waals surface area contributed by atoms with Crippen LogP contribution in [0.5, 0.6) is 5.75 Å². The molecule has 0 aliphatic rings. The van der Waals surface area contributed by atoms with Gasteiger partial charge in [0.2, 0.25) is 5.91 Å². The second kappa shape index (κ2) is 8.44. The predicted molar refractivity (Wildman–Crippen MR) is 71.7 cm³/mol. The third-order valence-electron chi connectivity index (χ3n) is 2.57. The Hall–Kier alpha value is -1.66. The number of nitrogens with zero attached hydrogens (tertiary/aromatic N) is 1. The van der Waals surface area contributed by atoms with Gasteiger partial charge in [0.05, 0.1) is 31.0 Å². The maximum absolute atomic E-state index is 10.9. The predicted octanol–water partition coefficient (Wildman–Crippen LogP) is 0.318. The first-order chi connectivity index (χ1) is 9.13. The van der Waals surface area contributed by atoms with Crippen LogP contribution in [0, 0.1) is 5.92 Å². The second-order valence-electron chi connectivity index (χ2n) is 4.27. The van der Waals surface area contributed by atoms with Gasteiger partial charge >= 0.3 is 0 Å². The largest absolute Gasteiger partial charge is 0.491 e. The standard InChI is InChI=1S/C13H21N3O3/c1-10(13(14)17)9-19-12-4-3-11(16-8-12)7-15-5-6-18-2/h3-4,8,10,15H,5-7,9H2,1-2H3,(H2,14,17). The van der Waals surface area contributed by atoms with E-state index in [-0.39, 0.29) is 18.4 Å². The molecular weight excluding hydrogens is 246 g/mol. The Labute approximate surface area is 113 Å². The molecule has 0 saturated carbocycles. The highest BCUT2D eigenvalue weighted by atomic mass is 16.5. The second-order valence-corrected chi connectivity index (χ2v) is 4.27. The highest BCUT2D eigenvalue weighted by Crippen LogP contribution is 2.10. The SMILES string of the molecule is COCCNCc1ccc(OCC(C)C(N)=O)cn1. The van der Waals surface area contributed by atoms with Crippen LogP contribution in [-0.2, 0) is 16.1 Å². The summed E-state index contributed by atoms with van der Waals surface area (Å²) in [5, 5.41) is 3.20. The van der Waals surface area contributed by atoms with Crippen LogP contribution in [0.3, 0.4) is 0 Å². The summed E-state index contributed by atoms with van der Waals surface area (Å²) in [6.45, 7) is 4.13. The lowest BCUT2D eigenvalue weighted by Crippen LogP contribution is -2.25. The summed E-state index contributed by atoms with van der Waals surface area (Å²) in [7, 11) is 1.67. The zero-order valence-corrected chi connectivity index (χ0v) is 11.4. The normalized spacial score (nSPS) is 12.1. The highest BCUT2D eigenvalue weighted by molar-refractivity contribution is 5.76. The molecule has 0 saturated heterocycles. The molecule has 0 aliphatic carbocycles. The minimum Gasteiger partial charge on any atom is -0.491 e. The molecule has 106 valence electrons. The summed E-state index contributed by atoms with van der Waals surface area (Å²) in [6, 6.07) is 3.71. The maximum atomic E-state index is 10.9. The van der Waals surface area contributed by atoms with Crippen LogP contribution in [0.1, 0.15) is 12.6 Å². The van der Waals surface area contributed by atoms with Gasteiger partial charge < -0.3 is 20.5 Å². The zero-order chi connectivity index (χ0) is 14.1. The third-order valence-corrected chi connectivity index (χ3v) is 2.57. The summed E-state index contributed by atoms with van der Waals surface area (Å²) in [6.07, 6.45) is 1.64. The maximum Gasteiger partial charge on any atom is 0.223 e. The number of nitrogens with two attached hydrogens (primary N) is 1. The van der Waals surface area contributed by atoms with E-state index in [0.717, 1.165) is 12.2 Å². The van der Waals surface area contributed by atoms with Crippen LogP contribution in [0.25, 0.3) is 0 Å². The molecule has 1 unspecified atom stereocenters. The minimum absolute atomic E-state index is 0.266. The molecule has 0 fully saturated rings. The van der Waals surface area contributed by atoms with E-state index in [1.165, 1.54) is 0 Å². The molecule has 19 heavy (non-hydrogen) atoms. The number of carbonyl (C=O) groups is 1. The van der Waals surface area contributed by atoms with Crippen molar-refractivity contribution in [1.82, 2.24) is 10.3 Å². The van der Waals surface area contributed by atoms with Gasteiger partial charge in [0.15, 0.2) is 0 Å². The van der Waals surface area contributed by atoms with Gasteiger partial charge in [-0.15, -0.1) is 0 Å². The van der Waals surface area contributed by atoms with Crippen molar-refractivity contribution in [2.24, 2.45) is 11.7 Å². The average Bonchev–Trinajstić information content (AvgIpc) is 2.42. The lowest BCUT2D eigenvalue weighted by molar-refractivity contribution is -0.122. The summed E-state index contributed by atoms with van der Waals surface area (Å²) in [4.78, 5) is 15.1. The number of rotatable bonds is 9. The summed E-state index contributed by atoms with van der Waals surface area (Å²) in [5.74, 6) is -0.0453. The minimum atomic E-state index is -0.369. The topological polar surface area (TPSA) is 86.5 Å². The van der Waals surface area contributed by atoms with Gasteiger partial charge in [0.25, 0.3) is 0 Å². The number of hydrogen-bond acceptors (Lipinski definition) is 5. The number of amides is 1. The number of nitrogens with one attached hydrogen (secondary N) is 1. The van der Waals surface area contributed by atoms with Crippen molar-refractivity contribution in [3.05, 3.63) is 24.0 Å². The van der Waals surface area contributed by atoms with Crippen LogP contribution in [-0.4, -0.2) is 37.8 Å². The number of hydrogen-bond donors (Lipinski definition) is 2. The van der Waals surface area contributed by atoms with Crippen LogP contribution in [0.15, 0.2) is 18.3 Å². The van der Waals surface area contributed by atoms with E-state index in [1.807, 2.05) is 12.1 Å². The number of pyridine rings is 1. The van der Waals surface area contributed by atoms with E-state index in [0.29, 0.717) is 18.9 Å². The van der Waals surface area contributed by atoms with Gasteiger partial charge in [0, 0.05) is 20.2 Å². The molecule has 1 heterocycles. The Kier molecular flexibility index (Phi) is 6.84. The number of carbonyl (C=O) groups excluding carboxylic acids is 1. The van der Waals surface area contributed by atoms with Gasteiger partial charge in [-0.3, -0.25) is 9.78 Å². The molecule has 6 nitrogen and oxygen atoms in total. The third kappa shape index (κ3) is 6.17. The van der Waals surface area contributed by atoms with E-state index in [1.54, 1.807) is 20.2 Å². The number of methoxy groups -OCH3 is 1. The van der Waals surface area contributed by atoms with E-state index in [9.17, 15) is 4.79 Å². The van der Waals surface area contributed by atoms with E-state index in [4.69, 9.17) is 15.2 Å². The quantitative estimate of drug-likeness (QED) is 0.629. The molecule has 0 aliphatic heterocycles. The van der Waals surface area contributed by atoms with Crippen molar-refractivity contribution >= 4 is 5.91 Å². The Bertz CT molecular complexity index is 381. The molecule has 1 aromatic heterocycles. The first-order valence-corrected chi connectivity index (χ1v) is 6.20. The molecule has 0 bridgehead atoms. The van der Waals surface area contributed by atoms with Crippen molar-refractivity contribution in [2.45, 2.75) is 13.5 Å². The van der Waals surface area contributed by atoms with Gasteiger partial charge in [-0.25, -0.2) is 0 Å². The Morgan fingerprint density at radius 2 is 2.32 bits per heavy atom. The molecule has 0 aromatic carbocycles. The van der Waals surface area contributed by atoms with E-state index < -0.39 is 0 Å². The van der Waals surface area contributed by atoms with Crippen LogP contribution >= 0.6 is 0 Å². The lowest BCUT2D eigenvalue weighted by Gasteiger charge is -2.10. The fourth-order valence-corrected chi connectivity index (χ4v) is 1.29. The monoisotopic (exact) mass is 267 g/mol. The van der Waals surface area contributed by atoms with Crippen molar-refractivity contribution in [3.63, 3.8) is 0 Å². The van der Waals surface area contributed by atoms with Crippen LogP contribution < -0.4 is 15.8 Å². The van der Waals surface area contributed by atoms with Crippen LogP contribution in [0.2, 0.25) is 0 Å². The Balaban J connectivity index is 2.33. The molecule has 3 N–H and O–H groups in total. The Morgan fingerprint density at radius 3 is 2.89 bits per heavy atom. The number of primary amides is 1. The van der Waals surface area contributed by atoms with Crippen molar-refractivity contribution in [1.29, 1.82) is 0 Å². The fourth-order valence-electron chi connectivity index (χ4n) is 1.29. The molecular formula is C13H21N3O3. The molecule has 1 atom stereocenters. The first-order valence-electron chi connectivity index (χ1n) is 6.20. The molecule has 0 spiro atoms. The van der Waals surface area contributed by atoms with Crippen LogP contribution in [0.4, 0.5) is 0 Å². The molecule has 6 heteroatoms. The summed E-state index contributed by atoms with van der Waals surface area (Å²) < 4.78 is 10.4. The van der Waals surface area contributed by atoms with Crippen molar-refractivity contribution < 1.29 is 14.3 Å². The molecule has 0 radical (unpaired) electrons. The van der Waals surface area contributed by atoms with Gasteiger partial charge in [0.1, 0.15) is 5.75 Å². The number of ether oxygens (including phenoxy) is 2. The van der Waals surface area contributed by atoms with Gasteiger partial charge in [-0.1, -0.05) is 6.92 Å². The van der Waals surface area contributed by atoms with Gasteiger partial charge in [-0.2, -0.15) is 0 Å².